The largest absolute Gasteiger partial charge is 0.312 e. The number of unbranched alkanes of at least 4 members (excludes halogenated alkanes) is 1. The van der Waals surface area contributed by atoms with E-state index in [1.807, 2.05) is 0 Å². The fourth-order valence-corrected chi connectivity index (χ4v) is 1.94. The van der Waals surface area contributed by atoms with Gasteiger partial charge in [0.15, 0.2) is 0 Å². The highest BCUT2D eigenvalue weighted by molar-refractivity contribution is 8.26. The molecule has 3 heteroatoms. The van der Waals surface area contributed by atoms with Gasteiger partial charge in [-0.15, -0.1) is 0 Å². The second kappa shape index (κ2) is 7.19. The molecule has 2 atom stereocenters. The number of rotatable bonds is 6. The maximum Gasteiger partial charge on any atom is 0.0617 e. The molecule has 0 saturated heterocycles. The third kappa shape index (κ3) is 5.76. The van der Waals surface area contributed by atoms with Gasteiger partial charge in [0.1, 0.15) is 0 Å². The normalized spacial score (nSPS) is 16.3. The average Bonchev–Trinajstić information content (AvgIpc) is 2.03. The molecule has 0 radical (unpaired) electrons. The fourth-order valence-electron chi connectivity index (χ4n) is 0.538. The van der Waals surface area contributed by atoms with E-state index in [1.165, 1.54) is 6.42 Å². The molecule has 0 N–H and O–H groups in total. The zero-order valence-electron chi connectivity index (χ0n) is 7.63. The van der Waals surface area contributed by atoms with Gasteiger partial charge in [-0.2, -0.15) is 0 Å². The minimum Gasteiger partial charge on any atom is -0.312 e. The second-order valence-corrected chi connectivity index (χ2v) is 5.20. The predicted octanol–water partition coefficient (Wildman–Crippen LogP) is 2.60. The van der Waals surface area contributed by atoms with Crippen LogP contribution in [0.2, 0.25) is 0 Å². The molecule has 0 bridgehead atoms. The van der Waals surface area contributed by atoms with E-state index in [4.69, 9.17) is 15.4 Å². The molecule has 0 aliphatic rings. The first-order valence-electron chi connectivity index (χ1n) is 4.26. The van der Waals surface area contributed by atoms with Crippen molar-refractivity contribution in [3.8, 4) is 0 Å². The van der Waals surface area contributed by atoms with Gasteiger partial charge in [-0.25, -0.2) is 0 Å². The Kier molecular flexibility index (Phi) is 7.54. The van der Waals surface area contributed by atoms with Crippen molar-refractivity contribution < 1.29 is 4.18 Å². The first-order valence-corrected chi connectivity index (χ1v) is 6.40. The Morgan fingerprint density at radius 1 is 1.45 bits per heavy atom. The molecule has 0 spiro atoms. The molecular weight excluding hydrogens is 176 g/mol. The van der Waals surface area contributed by atoms with E-state index in [2.05, 4.69) is 20.8 Å². The second-order valence-electron chi connectivity index (χ2n) is 2.65. The predicted molar refractivity (Wildman–Crippen MR) is 55.3 cm³/mol. The molecule has 2 unspecified atom stereocenters. The summed E-state index contributed by atoms with van der Waals surface area (Å²) in [5.74, 6) is 0. The van der Waals surface area contributed by atoms with Crippen LogP contribution >= 0.6 is 0 Å². The van der Waals surface area contributed by atoms with Crippen molar-refractivity contribution in [2.75, 3.05) is 6.61 Å². The lowest BCUT2D eigenvalue weighted by molar-refractivity contribution is 0.354. The molecule has 0 heterocycles. The number of hydrogen-bond acceptors (Lipinski definition) is 2. The Morgan fingerprint density at radius 2 is 2.09 bits per heavy atom. The molecule has 0 aliphatic heterocycles. The van der Waals surface area contributed by atoms with Gasteiger partial charge in [-0.1, -0.05) is 27.2 Å². The Labute approximate surface area is 77.3 Å². The third-order valence-corrected chi connectivity index (χ3v) is 4.26. The van der Waals surface area contributed by atoms with Crippen molar-refractivity contribution in [1.82, 2.24) is 0 Å². The maximum atomic E-state index is 5.48. The highest BCUT2D eigenvalue weighted by atomic mass is 32.8. The van der Waals surface area contributed by atoms with Crippen LogP contribution in [0.1, 0.15) is 40.0 Å². The van der Waals surface area contributed by atoms with Gasteiger partial charge in [-0.05, 0) is 24.0 Å². The van der Waals surface area contributed by atoms with E-state index >= 15 is 0 Å². The summed E-state index contributed by atoms with van der Waals surface area (Å²) in [7, 11) is -0.233. The minimum atomic E-state index is -0.233. The van der Waals surface area contributed by atoms with Gasteiger partial charge in [0.2, 0.25) is 0 Å². The lowest BCUT2D eigenvalue weighted by Gasteiger charge is -2.11. The first kappa shape index (κ1) is 11.5. The van der Waals surface area contributed by atoms with E-state index in [0.29, 0.717) is 5.25 Å². The topological polar surface area (TPSA) is 9.23 Å². The van der Waals surface area contributed by atoms with Crippen LogP contribution < -0.4 is 0 Å². The van der Waals surface area contributed by atoms with Crippen LogP contribution in [-0.2, 0) is 25.1 Å². The van der Waals surface area contributed by atoms with Crippen LogP contribution in [-0.4, -0.2) is 11.9 Å². The molecule has 0 amide bonds. The van der Waals surface area contributed by atoms with Gasteiger partial charge in [-0.3, -0.25) is 0 Å². The molecule has 0 fully saturated rings. The summed E-state index contributed by atoms with van der Waals surface area (Å²) in [5.41, 5.74) is 0. The maximum absolute atomic E-state index is 5.48. The summed E-state index contributed by atoms with van der Waals surface area (Å²) in [4.78, 5) is 0. The number of hydrogen-bond donors (Lipinski definition) is 0. The molecular formula is C8H18OS2. The first-order chi connectivity index (χ1) is 5.22. The zero-order chi connectivity index (χ0) is 8.69. The van der Waals surface area contributed by atoms with Crippen LogP contribution in [0.25, 0.3) is 0 Å². The average molecular weight is 194 g/mol. The van der Waals surface area contributed by atoms with Crippen molar-refractivity contribution in [3.63, 3.8) is 0 Å². The third-order valence-electron chi connectivity index (χ3n) is 1.60. The molecule has 0 aliphatic carbocycles. The minimum absolute atomic E-state index is 0.233. The molecule has 0 aromatic carbocycles. The van der Waals surface area contributed by atoms with E-state index in [1.54, 1.807) is 0 Å². The van der Waals surface area contributed by atoms with Crippen molar-refractivity contribution in [2.45, 2.75) is 45.3 Å². The van der Waals surface area contributed by atoms with E-state index < -0.39 is 0 Å². The standard InChI is InChI=1S/C8H18OS2/c1-4-6-7-9-11(10)8(3)5-2/h8H,4-7H2,1-3H3. The molecule has 0 aromatic rings. The van der Waals surface area contributed by atoms with Crippen molar-refractivity contribution >= 4 is 20.9 Å². The fraction of sp³-hybridized carbons (Fsp3) is 1.00. The summed E-state index contributed by atoms with van der Waals surface area (Å²) in [6.07, 6.45) is 3.45. The highest BCUT2D eigenvalue weighted by Gasteiger charge is 2.03. The van der Waals surface area contributed by atoms with E-state index in [9.17, 15) is 0 Å². The molecule has 0 aromatic heterocycles. The Bertz CT molecular complexity index is 115. The molecule has 11 heavy (non-hydrogen) atoms. The lowest BCUT2D eigenvalue weighted by atomic mass is 10.4. The van der Waals surface area contributed by atoms with E-state index in [0.717, 1.165) is 19.4 Å². The summed E-state index contributed by atoms with van der Waals surface area (Å²) < 4.78 is 5.48. The Balaban J connectivity index is 3.36. The van der Waals surface area contributed by atoms with Gasteiger partial charge < -0.3 is 4.18 Å². The molecule has 68 valence electrons. The summed E-state index contributed by atoms with van der Waals surface area (Å²) in [6, 6.07) is 0. The van der Waals surface area contributed by atoms with Crippen LogP contribution in [0.15, 0.2) is 0 Å². The van der Waals surface area contributed by atoms with Gasteiger partial charge in [0, 0.05) is 15.0 Å². The van der Waals surface area contributed by atoms with Crippen molar-refractivity contribution in [3.05, 3.63) is 0 Å². The zero-order valence-corrected chi connectivity index (χ0v) is 9.26. The molecule has 0 saturated carbocycles. The Hall–Kier alpha value is 0.530. The SMILES string of the molecule is CCCCOS(=S)C(C)CC. The summed E-state index contributed by atoms with van der Waals surface area (Å²) in [6.45, 7) is 7.31. The Morgan fingerprint density at radius 3 is 2.55 bits per heavy atom. The quantitative estimate of drug-likeness (QED) is 0.601. The summed E-state index contributed by atoms with van der Waals surface area (Å²) >= 11 is 5.18. The highest BCUT2D eigenvalue weighted by Crippen LogP contribution is 2.03. The smallest absolute Gasteiger partial charge is 0.0617 e. The van der Waals surface area contributed by atoms with Crippen molar-refractivity contribution in [2.24, 2.45) is 0 Å². The lowest BCUT2D eigenvalue weighted by Crippen LogP contribution is -2.11. The van der Waals surface area contributed by atoms with Gasteiger partial charge in [0.05, 0.1) is 6.61 Å². The van der Waals surface area contributed by atoms with Crippen LogP contribution in [0.3, 0.4) is 0 Å². The van der Waals surface area contributed by atoms with Crippen LogP contribution in [0.4, 0.5) is 0 Å². The van der Waals surface area contributed by atoms with Crippen LogP contribution in [0.5, 0.6) is 0 Å². The van der Waals surface area contributed by atoms with Gasteiger partial charge >= 0.3 is 0 Å². The monoisotopic (exact) mass is 194 g/mol. The van der Waals surface area contributed by atoms with Crippen LogP contribution in [0, 0.1) is 0 Å². The van der Waals surface area contributed by atoms with E-state index in [-0.39, 0.29) is 9.74 Å². The van der Waals surface area contributed by atoms with Crippen molar-refractivity contribution in [1.29, 1.82) is 0 Å². The summed E-state index contributed by atoms with van der Waals surface area (Å²) in [5, 5.41) is 0.543. The van der Waals surface area contributed by atoms with Gasteiger partial charge in [0.25, 0.3) is 0 Å². The molecule has 0 rings (SSSR count). The molecule has 1 nitrogen and oxygen atoms in total.